The molecule has 0 heterocycles. The van der Waals surface area contributed by atoms with Crippen LogP contribution in [0.4, 0.5) is 0 Å². The molecule has 0 aliphatic carbocycles. The van der Waals surface area contributed by atoms with Crippen LogP contribution in [0.5, 0.6) is 0 Å². The minimum absolute atomic E-state index is 0.126. The lowest BCUT2D eigenvalue weighted by molar-refractivity contribution is -0.484. The summed E-state index contributed by atoms with van der Waals surface area (Å²) in [5.41, 5.74) is 0.329. The molecule has 0 saturated carbocycles. The van der Waals surface area contributed by atoms with E-state index in [1.807, 2.05) is 20.8 Å². The van der Waals surface area contributed by atoms with E-state index in [9.17, 15) is 19.7 Å². The lowest BCUT2D eigenvalue weighted by Gasteiger charge is -2.28. The van der Waals surface area contributed by atoms with Gasteiger partial charge < -0.3 is 4.74 Å². The van der Waals surface area contributed by atoms with Crippen molar-refractivity contribution in [2.45, 2.75) is 52.9 Å². The Hall–Kier alpha value is -2.24. The van der Waals surface area contributed by atoms with Crippen LogP contribution < -0.4 is 0 Å². The van der Waals surface area contributed by atoms with E-state index in [-0.39, 0.29) is 24.2 Å². The zero-order valence-corrected chi connectivity index (χ0v) is 16.1. The molecule has 1 unspecified atom stereocenters. The maximum absolute atomic E-state index is 13.0. The molecule has 0 aromatic heterocycles. The molecule has 6 nitrogen and oxygen atoms in total. The second-order valence-electron chi connectivity index (χ2n) is 7.32. The number of carbonyl (C=O) groups excluding carboxylic acids is 2. The highest BCUT2D eigenvalue weighted by molar-refractivity contribution is 6.00. The van der Waals surface area contributed by atoms with Crippen LogP contribution >= 0.6 is 0 Å². The Labute approximate surface area is 155 Å². The quantitative estimate of drug-likeness (QED) is 0.256. The van der Waals surface area contributed by atoms with Crippen LogP contribution in [0.15, 0.2) is 30.3 Å². The van der Waals surface area contributed by atoms with Gasteiger partial charge in [-0.25, -0.2) is 0 Å². The molecule has 1 aromatic rings. The Morgan fingerprint density at radius 3 is 2.31 bits per heavy atom. The first-order valence-electron chi connectivity index (χ1n) is 9.08. The topological polar surface area (TPSA) is 86.5 Å². The minimum Gasteiger partial charge on any atom is -0.465 e. The largest absolute Gasteiger partial charge is 0.465 e. The molecule has 0 aliphatic rings. The van der Waals surface area contributed by atoms with E-state index in [1.165, 1.54) is 0 Å². The number of benzene rings is 1. The molecule has 2 atom stereocenters. The first-order valence-corrected chi connectivity index (χ1v) is 9.08. The Bertz CT molecular complexity index is 612. The molecule has 26 heavy (non-hydrogen) atoms. The van der Waals surface area contributed by atoms with Crippen molar-refractivity contribution in [1.29, 1.82) is 0 Å². The van der Waals surface area contributed by atoms with Gasteiger partial charge in [-0.2, -0.15) is 0 Å². The number of rotatable bonds is 11. The van der Waals surface area contributed by atoms with Crippen molar-refractivity contribution in [2.75, 3.05) is 13.2 Å². The number of carbonyl (C=O) groups is 2. The fourth-order valence-electron chi connectivity index (χ4n) is 3.36. The van der Waals surface area contributed by atoms with Crippen molar-refractivity contribution in [3.63, 3.8) is 0 Å². The highest BCUT2D eigenvalue weighted by Gasteiger charge is 2.41. The standard InChI is InChI=1S/C20H29NO5/c1-5-12-20(3,4)13-17(22)18(19(23)26-6-2)16(14-21(24)25)15-10-8-7-9-11-15/h7-11,16,18H,5-6,12-14H2,1-4H3/t16-,18?/m1/s1. The number of Topliss-reactive ketones (excluding diaryl/α,β-unsaturated/α-hetero) is 1. The normalized spacial score (nSPS) is 13.7. The van der Waals surface area contributed by atoms with Gasteiger partial charge in [0.1, 0.15) is 11.7 Å². The zero-order chi connectivity index (χ0) is 19.7. The monoisotopic (exact) mass is 363 g/mol. The summed E-state index contributed by atoms with van der Waals surface area (Å²) < 4.78 is 5.10. The smallest absolute Gasteiger partial charge is 0.317 e. The highest BCUT2D eigenvalue weighted by Crippen LogP contribution is 2.33. The zero-order valence-electron chi connectivity index (χ0n) is 16.1. The molecule has 144 valence electrons. The molecule has 1 rings (SSSR count). The summed E-state index contributed by atoms with van der Waals surface area (Å²) in [6.07, 6.45) is 1.94. The van der Waals surface area contributed by atoms with Gasteiger partial charge >= 0.3 is 5.97 Å². The third kappa shape index (κ3) is 6.58. The van der Waals surface area contributed by atoms with E-state index >= 15 is 0 Å². The predicted molar refractivity (Wildman–Crippen MR) is 99.5 cm³/mol. The molecule has 0 fully saturated rings. The third-order valence-electron chi connectivity index (χ3n) is 4.44. The van der Waals surface area contributed by atoms with Crippen LogP contribution in [0.3, 0.4) is 0 Å². The van der Waals surface area contributed by atoms with Crippen LogP contribution in [-0.4, -0.2) is 29.8 Å². The molecule has 0 bridgehead atoms. The van der Waals surface area contributed by atoms with Crippen LogP contribution in [-0.2, 0) is 14.3 Å². The van der Waals surface area contributed by atoms with Gasteiger partial charge in [0.05, 0.1) is 12.5 Å². The molecule has 0 spiro atoms. The lowest BCUT2D eigenvalue weighted by atomic mass is 9.75. The van der Waals surface area contributed by atoms with E-state index in [4.69, 9.17) is 4.74 Å². The number of nitro groups is 1. The van der Waals surface area contributed by atoms with E-state index < -0.39 is 29.3 Å². The van der Waals surface area contributed by atoms with Crippen LogP contribution in [0, 0.1) is 21.4 Å². The lowest BCUT2D eigenvalue weighted by Crippen LogP contribution is -2.37. The molecule has 1 aromatic carbocycles. The molecule has 0 aliphatic heterocycles. The van der Waals surface area contributed by atoms with Gasteiger partial charge in [-0.1, -0.05) is 57.5 Å². The van der Waals surface area contributed by atoms with Crippen LogP contribution in [0.1, 0.15) is 58.4 Å². The summed E-state index contributed by atoms with van der Waals surface area (Å²) in [5, 5.41) is 11.2. The summed E-state index contributed by atoms with van der Waals surface area (Å²) in [6, 6.07) is 8.71. The molecule has 0 N–H and O–H groups in total. The summed E-state index contributed by atoms with van der Waals surface area (Å²) >= 11 is 0. The first-order chi connectivity index (χ1) is 12.2. The van der Waals surface area contributed by atoms with E-state index in [2.05, 4.69) is 0 Å². The minimum atomic E-state index is -1.17. The fourth-order valence-corrected chi connectivity index (χ4v) is 3.36. The van der Waals surface area contributed by atoms with Gasteiger partial charge in [0.2, 0.25) is 6.54 Å². The third-order valence-corrected chi connectivity index (χ3v) is 4.44. The summed E-state index contributed by atoms with van der Waals surface area (Å²) in [4.78, 5) is 36.3. The Morgan fingerprint density at radius 1 is 1.19 bits per heavy atom. The maximum atomic E-state index is 13.0. The SMILES string of the molecule is CCCC(C)(C)CC(=O)C(C(=O)OCC)[C@H](C[N+](=O)[O-])c1ccccc1. The molecular formula is C20H29NO5. The Kier molecular flexibility index (Phi) is 8.42. The van der Waals surface area contributed by atoms with E-state index in [0.29, 0.717) is 5.56 Å². The van der Waals surface area contributed by atoms with Gasteiger partial charge in [-0.05, 0) is 24.3 Å². The van der Waals surface area contributed by atoms with Gasteiger partial charge in [-0.3, -0.25) is 19.7 Å². The van der Waals surface area contributed by atoms with Crippen molar-refractivity contribution in [3.8, 4) is 0 Å². The molecule has 0 saturated heterocycles. The summed E-state index contributed by atoms with van der Waals surface area (Å²) in [7, 11) is 0. The second-order valence-corrected chi connectivity index (χ2v) is 7.32. The number of nitrogens with zero attached hydrogens (tertiary/aromatic N) is 1. The van der Waals surface area contributed by atoms with E-state index in [0.717, 1.165) is 12.8 Å². The number of hydrogen-bond acceptors (Lipinski definition) is 5. The van der Waals surface area contributed by atoms with Gasteiger partial charge in [-0.15, -0.1) is 0 Å². The number of ether oxygens (including phenoxy) is 1. The first kappa shape index (κ1) is 21.8. The van der Waals surface area contributed by atoms with Crippen LogP contribution in [0.25, 0.3) is 0 Å². The van der Waals surface area contributed by atoms with Crippen molar-refractivity contribution in [1.82, 2.24) is 0 Å². The average Bonchev–Trinajstić information content (AvgIpc) is 2.54. The molecule has 6 heteroatoms. The highest BCUT2D eigenvalue weighted by atomic mass is 16.6. The van der Waals surface area contributed by atoms with Crippen molar-refractivity contribution in [2.24, 2.45) is 11.3 Å². The molecule has 0 amide bonds. The van der Waals surface area contributed by atoms with Gasteiger partial charge in [0.15, 0.2) is 0 Å². The van der Waals surface area contributed by atoms with Gasteiger partial charge in [0, 0.05) is 11.3 Å². The van der Waals surface area contributed by atoms with Crippen LogP contribution in [0.2, 0.25) is 0 Å². The van der Waals surface area contributed by atoms with E-state index in [1.54, 1.807) is 37.3 Å². The maximum Gasteiger partial charge on any atom is 0.317 e. The Balaban J connectivity index is 3.25. The van der Waals surface area contributed by atoms with Gasteiger partial charge in [0.25, 0.3) is 0 Å². The van der Waals surface area contributed by atoms with Crippen molar-refractivity contribution >= 4 is 11.8 Å². The second kappa shape index (κ2) is 10.0. The van der Waals surface area contributed by atoms with Crippen molar-refractivity contribution in [3.05, 3.63) is 46.0 Å². The summed E-state index contributed by atoms with van der Waals surface area (Å²) in [6.45, 7) is 7.28. The summed E-state index contributed by atoms with van der Waals surface area (Å²) in [5.74, 6) is -2.98. The molecule has 0 radical (unpaired) electrons. The average molecular weight is 363 g/mol. The number of esters is 1. The predicted octanol–water partition coefficient (Wildman–Crippen LogP) is 4.01. The molecular weight excluding hydrogens is 334 g/mol. The number of hydrogen-bond donors (Lipinski definition) is 0. The van der Waals surface area contributed by atoms with Crippen molar-refractivity contribution < 1.29 is 19.2 Å². The fraction of sp³-hybridized carbons (Fsp3) is 0.600. The Morgan fingerprint density at radius 2 is 1.81 bits per heavy atom. The number of ketones is 1.